The van der Waals surface area contributed by atoms with Crippen LogP contribution in [0.5, 0.6) is 5.75 Å². The summed E-state index contributed by atoms with van der Waals surface area (Å²) in [6.45, 7) is 4.06. The van der Waals surface area contributed by atoms with Crippen LogP contribution in [-0.4, -0.2) is 31.1 Å². The maximum atomic E-state index is 6.27. The Labute approximate surface area is 181 Å². The monoisotopic (exact) mass is 508 g/mol. The number of methoxy groups -OCH3 is 1. The molecule has 1 heterocycles. The van der Waals surface area contributed by atoms with Gasteiger partial charge in [0, 0.05) is 24.3 Å². The molecule has 5 nitrogen and oxygen atoms in total. The predicted molar refractivity (Wildman–Crippen MR) is 119 cm³/mol. The molecule has 0 aliphatic rings. The van der Waals surface area contributed by atoms with Crippen LogP contribution in [0.2, 0.25) is 10.2 Å². The fourth-order valence-corrected chi connectivity index (χ4v) is 2.56. The summed E-state index contributed by atoms with van der Waals surface area (Å²) >= 11 is 12.1. The zero-order chi connectivity index (χ0) is 18.1. The molecule has 0 atom stereocenters. The van der Waals surface area contributed by atoms with Gasteiger partial charge in [-0.1, -0.05) is 35.3 Å². The van der Waals surface area contributed by atoms with Crippen molar-refractivity contribution in [2.24, 2.45) is 4.99 Å². The van der Waals surface area contributed by atoms with E-state index in [2.05, 4.69) is 20.6 Å². The SMILES string of the molecule is CCNC(=NCc1ccc(Cl)nc1)NCCc1ccc(OC)cc1Cl.I. The van der Waals surface area contributed by atoms with Gasteiger partial charge in [-0.2, -0.15) is 0 Å². The highest BCUT2D eigenvalue weighted by atomic mass is 127. The first-order chi connectivity index (χ1) is 12.1. The minimum absolute atomic E-state index is 0. The van der Waals surface area contributed by atoms with E-state index >= 15 is 0 Å². The Bertz CT molecular complexity index is 711. The molecule has 0 amide bonds. The molecule has 8 heteroatoms. The number of guanidine groups is 1. The van der Waals surface area contributed by atoms with Crippen LogP contribution in [0.1, 0.15) is 18.1 Å². The molecule has 1 aromatic carbocycles. The van der Waals surface area contributed by atoms with Gasteiger partial charge in [-0.05, 0) is 42.7 Å². The van der Waals surface area contributed by atoms with Gasteiger partial charge in [0.15, 0.2) is 5.96 Å². The van der Waals surface area contributed by atoms with Gasteiger partial charge >= 0.3 is 0 Å². The normalized spacial score (nSPS) is 10.8. The molecule has 0 saturated heterocycles. The van der Waals surface area contributed by atoms with Crippen molar-refractivity contribution in [3.05, 3.63) is 57.8 Å². The minimum Gasteiger partial charge on any atom is -0.497 e. The van der Waals surface area contributed by atoms with E-state index in [1.807, 2.05) is 31.2 Å². The number of ether oxygens (including phenoxy) is 1. The van der Waals surface area contributed by atoms with E-state index in [1.165, 1.54) is 0 Å². The van der Waals surface area contributed by atoms with Crippen molar-refractivity contribution >= 4 is 53.1 Å². The first kappa shape index (κ1) is 22.8. The van der Waals surface area contributed by atoms with Crippen LogP contribution >= 0.6 is 47.2 Å². The Morgan fingerprint density at radius 3 is 2.62 bits per heavy atom. The van der Waals surface area contributed by atoms with E-state index in [0.717, 1.165) is 42.3 Å². The van der Waals surface area contributed by atoms with Gasteiger partial charge in [0.1, 0.15) is 10.9 Å². The van der Waals surface area contributed by atoms with Crippen molar-refractivity contribution in [1.29, 1.82) is 0 Å². The van der Waals surface area contributed by atoms with E-state index in [9.17, 15) is 0 Å². The summed E-state index contributed by atoms with van der Waals surface area (Å²) < 4.78 is 5.16. The van der Waals surface area contributed by atoms with E-state index in [1.54, 1.807) is 19.4 Å². The lowest BCUT2D eigenvalue weighted by atomic mass is 10.1. The summed E-state index contributed by atoms with van der Waals surface area (Å²) in [5.41, 5.74) is 2.06. The van der Waals surface area contributed by atoms with Crippen molar-refractivity contribution in [3.63, 3.8) is 0 Å². The van der Waals surface area contributed by atoms with E-state index in [-0.39, 0.29) is 24.0 Å². The molecule has 0 bridgehead atoms. The van der Waals surface area contributed by atoms with Gasteiger partial charge in [-0.3, -0.25) is 0 Å². The summed E-state index contributed by atoms with van der Waals surface area (Å²) in [5, 5.41) is 7.72. The van der Waals surface area contributed by atoms with E-state index in [4.69, 9.17) is 27.9 Å². The second-order valence-corrected chi connectivity index (χ2v) is 6.11. The molecule has 0 unspecified atom stereocenters. The summed E-state index contributed by atoms with van der Waals surface area (Å²) in [7, 11) is 1.63. The summed E-state index contributed by atoms with van der Waals surface area (Å²) in [6, 6.07) is 9.39. The maximum Gasteiger partial charge on any atom is 0.191 e. The molecule has 0 saturated carbocycles. The highest BCUT2D eigenvalue weighted by Crippen LogP contribution is 2.22. The number of nitrogens with zero attached hydrogens (tertiary/aromatic N) is 2. The van der Waals surface area contributed by atoms with Crippen LogP contribution in [-0.2, 0) is 13.0 Å². The first-order valence-electron chi connectivity index (χ1n) is 8.07. The molecule has 0 aliphatic carbocycles. The molecule has 142 valence electrons. The third-order valence-corrected chi connectivity index (χ3v) is 4.08. The number of benzene rings is 1. The lowest BCUT2D eigenvalue weighted by Crippen LogP contribution is -2.38. The average molecular weight is 509 g/mol. The summed E-state index contributed by atoms with van der Waals surface area (Å²) in [4.78, 5) is 8.61. The first-order valence-corrected chi connectivity index (χ1v) is 8.83. The molecular formula is C18H23Cl2IN4O. The number of aromatic nitrogens is 1. The Balaban J connectivity index is 0.00000338. The zero-order valence-electron chi connectivity index (χ0n) is 14.8. The van der Waals surface area contributed by atoms with Crippen LogP contribution in [0.25, 0.3) is 0 Å². The number of hydrogen-bond donors (Lipinski definition) is 2. The number of pyridine rings is 1. The van der Waals surface area contributed by atoms with Gasteiger partial charge in [0.05, 0.1) is 13.7 Å². The minimum atomic E-state index is 0. The molecule has 26 heavy (non-hydrogen) atoms. The van der Waals surface area contributed by atoms with Crippen LogP contribution in [0, 0.1) is 0 Å². The largest absolute Gasteiger partial charge is 0.497 e. The predicted octanol–water partition coefficient (Wildman–Crippen LogP) is 4.31. The Kier molecular flexibility index (Phi) is 10.7. The second-order valence-electron chi connectivity index (χ2n) is 5.32. The third kappa shape index (κ3) is 7.55. The molecule has 0 spiro atoms. The maximum absolute atomic E-state index is 6.27. The average Bonchev–Trinajstić information content (AvgIpc) is 2.62. The van der Waals surface area contributed by atoms with Crippen LogP contribution in [0.15, 0.2) is 41.5 Å². The molecule has 2 N–H and O–H groups in total. The fraction of sp³-hybridized carbons (Fsp3) is 0.333. The van der Waals surface area contributed by atoms with Gasteiger partial charge in [0.2, 0.25) is 0 Å². The Morgan fingerprint density at radius 1 is 1.19 bits per heavy atom. The highest BCUT2D eigenvalue weighted by Gasteiger charge is 2.04. The number of hydrogen-bond acceptors (Lipinski definition) is 3. The quantitative estimate of drug-likeness (QED) is 0.253. The van der Waals surface area contributed by atoms with Crippen LogP contribution in [0.3, 0.4) is 0 Å². The molecule has 0 fully saturated rings. The van der Waals surface area contributed by atoms with E-state index in [0.29, 0.717) is 16.7 Å². The number of aliphatic imine (C=N–C) groups is 1. The summed E-state index contributed by atoms with van der Waals surface area (Å²) in [5.74, 6) is 1.51. The fourth-order valence-electron chi connectivity index (χ4n) is 2.19. The molecule has 1 aromatic heterocycles. The Morgan fingerprint density at radius 2 is 2.00 bits per heavy atom. The second kappa shape index (κ2) is 12.2. The molecule has 0 aliphatic heterocycles. The van der Waals surface area contributed by atoms with Crippen LogP contribution < -0.4 is 15.4 Å². The zero-order valence-corrected chi connectivity index (χ0v) is 18.6. The van der Waals surface area contributed by atoms with Crippen molar-refractivity contribution in [1.82, 2.24) is 15.6 Å². The van der Waals surface area contributed by atoms with Crippen molar-refractivity contribution in [2.45, 2.75) is 19.9 Å². The molecular weight excluding hydrogens is 486 g/mol. The lowest BCUT2D eigenvalue weighted by Gasteiger charge is -2.12. The van der Waals surface area contributed by atoms with Crippen molar-refractivity contribution < 1.29 is 4.74 Å². The van der Waals surface area contributed by atoms with Crippen molar-refractivity contribution in [3.8, 4) is 5.75 Å². The Hall–Kier alpha value is -1.25. The van der Waals surface area contributed by atoms with Gasteiger partial charge in [-0.15, -0.1) is 24.0 Å². The third-order valence-electron chi connectivity index (χ3n) is 3.50. The van der Waals surface area contributed by atoms with Gasteiger partial charge in [0.25, 0.3) is 0 Å². The standard InChI is InChI=1S/C18H22Cl2N4O.HI/c1-3-21-18(24-12-13-4-7-17(20)23-11-13)22-9-8-14-5-6-15(25-2)10-16(14)19;/h4-7,10-11H,3,8-9,12H2,1-2H3,(H2,21,22,24);1H. The van der Waals surface area contributed by atoms with Gasteiger partial charge in [-0.25, -0.2) is 9.98 Å². The molecule has 2 aromatic rings. The highest BCUT2D eigenvalue weighted by molar-refractivity contribution is 14.0. The van der Waals surface area contributed by atoms with Crippen molar-refractivity contribution in [2.75, 3.05) is 20.2 Å². The lowest BCUT2D eigenvalue weighted by molar-refractivity contribution is 0.414. The van der Waals surface area contributed by atoms with Crippen LogP contribution in [0.4, 0.5) is 0 Å². The number of rotatable bonds is 7. The molecule has 0 radical (unpaired) electrons. The number of halogens is 3. The topological polar surface area (TPSA) is 58.5 Å². The van der Waals surface area contributed by atoms with Gasteiger partial charge < -0.3 is 15.4 Å². The van der Waals surface area contributed by atoms with E-state index < -0.39 is 0 Å². The summed E-state index contributed by atoms with van der Waals surface area (Å²) in [6.07, 6.45) is 2.52. The smallest absolute Gasteiger partial charge is 0.191 e. The molecule has 2 rings (SSSR count). The number of nitrogens with one attached hydrogen (secondary N) is 2.